The third-order valence-corrected chi connectivity index (χ3v) is 4.11. The minimum atomic E-state index is -0.419. The number of benzene rings is 2. The monoisotopic (exact) mass is 358 g/mol. The van der Waals surface area contributed by atoms with E-state index in [1.807, 2.05) is 19.1 Å². The molecule has 2 aromatic carbocycles. The van der Waals surface area contributed by atoms with Crippen LogP contribution in [0, 0.1) is 17.0 Å². The van der Waals surface area contributed by atoms with Gasteiger partial charge in [0.15, 0.2) is 5.75 Å². The van der Waals surface area contributed by atoms with Crippen LogP contribution in [0.2, 0.25) is 0 Å². The highest BCUT2D eigenvalue weighted by Gasteiger charge is 2.16. The first-order chi connectivity index (χ1) is 12.4. The van der Waals surface area contributed by atoms with E-state index in [2.05, 4.69) is 25.1 Å². The Morgan fingerprint density at radius 1 is 1.12 bits per heavy atom. The molecule has 0 saturated heterocycles. The lowest BCUT2D eigenvalue weighted by molar-refractivity contribution is -0.386. The maximum Gasteiger partial charge on any atom is 0.311 e. The van der Waals surface area contributed by atoms with Crippen LogP contribution < -0.4 is 9.47 Å². The Kier molecular flexibility index (Phi) is 6.97. The van der Waals surface area contributed by atoms with Gasteiger partial charge in [0.25, 0.3) is 0 Å². The lowest BCUT2D eigenvalue weighted by Gasteiger charge is -2.13. The Hall–Kier alpha value is -2.60. The molecule has 0 saturated carbocycles. The van der Waals surface area contributed by atoms with Crippen molar-refractivity contribution in [2.75, 3.05) is 27.7 Å². The fourth-order valence-electron chi connectivity index (χ4n) is 2.75. The Balaban J connectivity index is 2.14. The van der Waals surface area contributed by atoms with E-state index in [0.717, 1.165) is 36.3 Å². The number of nitro benzene ring substituents is 1. The topological polar surface area (TPSA) is 64.8 Å². The molecule has 0 bridgehead atoms. The van der Waals surface area contributed by atoms with E-state index in [-0.39, 0.29) is 18.0 Å². The molecule has 140 valence electrons. The van der Waals surface area contributed by atoms with E-state index >= 15 is 0 Å². The first-order valence-corrected chi connectivity index (χ1v) is 8.59. The van der Waals surface area contributed by atoms with Crippen molar-refractivity contribution in [2.24, 2.45) is 0 Å². The van der Waals surface area contributed by atoms with Gasteiger partial charge in [0, 0.05) is 11.6 Å². The smallest absolute Gasteiger partial charge is 0.311 e. The average molecular weight is 358 g/mol. The van der Waals surface area contributed by atoms with Gasteiger partial charge in [-0.3, -0.25) is 10.1 Å². The highest BCUT2D eigenvalue weighted by molar-refractivity contribution is 5.48. The van der Waals surface area contributed by atoms with Crippen LogP contribution in [0.15, 0.2) is 36.4 Å². The summed E-state index contributed by atoms with van der Waals surface area (Å²) in [5.41, 5.74) is 2.88. The van der Waals surface area contributed by atoms with Crippen LogP contribution in [0.3, 0.4) is 0 Å². The number of methoxy groups -OCH3 is 1. The third-order valence-electron chi connectivity index (χ3n) is 4.11. The van der Waals surface area contributed by atoms with E-state index in [1.54, 1.807) is 19.2 Å². The predicted molar refractivity (Wildman–Crippen MR) is 102 cm³/mol. The second kappa shape index (κ2) is 9.20. The normalized spacial score (nSPS) is 10.8. The summed E-state index contributed by atoms with van der Waals surface area (Å²) in [6.07, 6.45) is 2.02. The Morgan fingerprint density at radius 2 is 1.85 bits per heavy atom. The number of hydrogen-bond acceptors (Lipinski definition) is 5. The molecule has 0 aliphatic heterocycles. The number of aryl methyl sites for hydroxylation is 2. The summed E-state index contributed by atoms with van der Waals surface area (Å²) >= 11 is 0. The molecule has 0 aliphatic rings. The van der Waals surface area contributed by atoms with E-state index in [1.165, 1.54) is 11.6 Å². The lowest BCUT2D eigenvalue weighted by Crippen LogP contribution is -2.13. The van der Waals surface area contributed by atoms with Gasteiger partial charge in [0.2, 0.25) is 0 Å². The fourth-order valence-corrected chi connectivity index (χ4v) is 2.75. The molecule has 6 heteroatoms. The van der Waals surface area contributed by atoms with Crippen LogP contribution in [0.1, 0.15) is 23.1 Å². The number of rotatable bonds is 9. The van der Waals surface area contributed by atoms with Crippen LogP contribution in [-0.2, 0) is 13.0 Å². The molecule has 0 radical (unpaired) electrons. The molecule has 2 aromatic rings. The molecule has 0 heterocycles. The minimum Gasteiger partial charge on any atom is -0.496 e. The Labute approximate surface area is 154 Å². The molecular weight excluding hydrogens is 332 g/mol. The van der Waals surface area contributed by atoms with Gasteiger partial charge < -0.3 is 14.4 Å². The number of ether oxygens (including phenoxy) is 2. The van der Waals surface area contributed by atoms with Crippen molar-refractivity contribution in [1.29, 1.82) is 0 Å². The molecule has 0 amide bonds. The quantitative estimate of drug-likeness (QED) is 0.501. The highest BCUT2D eigenvalue weighted by atomic mass is 16.6. The molecule has 0 unspecified atom stereocenters. The summed E-state index contributed by atoms with van der Waals surface area (Å²) in [6.45, 7) is 3.05. The summed E-state index contributed by atoms with van der Waals surface area (Å²) in [5.74, 6) is 0.983. The zero-order valence-electron chi connectivity index (χ0n) is 15.8. The van der Waals surface area contributed by atoms with Crippen LogP contribution >= 0.6 is 0 Å². The van der Waals surface area contributed by atoms with Crippen LogP contribution in [0.5, 0.6) is 11.5 Å². The van der Waals surface area contributed by atoms with Crippen molar-refractivity contribution in [3.05, 3.63) is 63.2 Å². The Bertz CT molecular complexity index is 759. The van der Waals surface area contributed by atoms with E-state index < -0.39 is 4.92 Å². The van der Waals surface area contributed by atoms with E-state index in [9.17, 15) is 10.1 Å². The highest BCUT2D eigenvalue weighted by Crippen LogP contribution is 2.30. The van der Waals surface area contributed by atoms with Gasteiger partial charge in [-0.25, -0.2) is 0 Å². The second-order valence-corrected chi connectivity index (χ2v) is 6.57. The summed E-state index contributed by atoms with van der Waals surface area (Å²) in [5, 5.41) is 11.2. The van der Waals surface area contributed by atoms with Crippen molar-refractivity contribution < 1.29 is 14.4 Å². The number of nitrogens with zero attached hydrogens (tertiary/aromatic N) is 2. The molecule has 26 heavy (non-hydrogen) atoms. The van der Waals surface area contributed by atoms with Crippen molar-refractivity contribution in [3.8, 4) is 11.5 Å². The van der Waals surface area contributed by atoms with Crippen molar-refractivity contribution in [1.82, 2.24) is 4.90 Å². The second-order valence-electron chi connectivity index (χ2n) is 6.57. The fraction of sp³-hybridized carbons (Fsp3) is 0.400. The molecule has 0 fully saturated rings. The molecule has 0 N–H and O–H groups in total. The maximum atomic E-state index is 11.2. The molecule has 0 spiro atoms. The van der Waals surface area contributed by atoms with Gasteiger partial charge >= 0.3 is 5.69 Å². The summed E-state index contributed by atoms with van der Waals surface area (Å²) in [4.78, 5) is 13.0. The van der Waals surface area contributed by atoms with Gasteiger partial charge in [-0.2, -0.15) is 0 Å². The maximum absolute atomic E-state index is 11.2. The SMILES string of the molecule is COc1ccc(CCCN(C)C)cc1COc1ccc(C)cc1[N+](=O)[O-]. The zero-order chi connectivity index (χ0) is 19.1. The molecule has 2 rings (SSSR count). The summed E-state index contributed by atoms with van der Waals surface area (Å²) in [6, 6.07) is 11.0. The Morgan fingerprint density at radius 3 is 2.50 bits per heavy atom. The van der Waals surface area contributed by atoms with Gasteiger partial charge in [-0.1, -0.05) is 12.1 Å². The number of nitro groups is 1. The zero-order valence-corrected chi connectivity index (χ0v) is 15.8. The third kappa shape index (κ3) is 5.46. The number of hydrogen-bond donors (Lipinski definition) is 0. The standard InChI is InChI=1S/C20H26N2O4/c1-15-7-9-20(18(12-15)22(23)24)26-14-17-13-16(6-5-11-21(2)3)8-10-19(17)25-4/h7-10,12-13H,5-6,11,14H2,1-4H3. The molecule has 6 nitrogen and oxygen atoms in total. The van der Waals surface area contributed by atoms with Gasteiger partial charge in [-0.15, -0.1) is 0 Å². The minimum absolute atomic E-state index is 0.0221. The molecule has 0 aliphatic carbocycles. The van der Waals surface area contributed by atoms with Gasteiger partial charge in [-0.05, 0) is 69.7 Å². The molecule has 0 aromatic heterocycles. The van der Waals surface area contributed by atoms with Crippen LogP contribution in [0.25, 0.3) is 0 Å². The van der Waals surface area contributed by atoms with E-state index in [4.69, 9.17) is 9.47 Å². The molecular formula is C20H26N2O4. The van der Waals surface area contributed by atoms with Gasteiger partial charge in [0.1, 0.15) is 12.4 Å². The van der Waals surface area contributed by atoms with Crippen molar-refractivity contribution in [3.63, 3.8) is 0 Å². The van der Waals surface area contributed by atoms with Crippen LogP contribution in [0.4, 0.5) is 5.69 Å². The van der Waals surface area contributed by atoms with Crippen LogP contribution in [-0.4, -0.2) is 37.6 Å². The summed E-state index contributed by atoms with van der Waals surface area (Å²) in [7, 11) is 5.72. The van der Waals surface area contributed by atoms with E-state index in [0.29, 0.717) is 0 Å². The van der Waals surface area contributed by atoms with Crippen molar-refractivity contribution in [2.45, 2.75) is 26.4 Å². The largest absolute Gasteiger partial charge is 0.496 e. The molecule has 0 atom stereocenters. The summed E-state index contributed by atoms with van der Waals surface area (Å²) < 4.78 is 11.2. The predicted octanol–water partition coefficient (Wildman–Crippen LogP) is 3.99. The lowest BCUT2D eigenvalue weighted by atomic mass is 10.1. The first-order valence-electron chi connectivity index (χ1n) is 8.59. The van der Waals surface area contributed by atoms with Gasteiger partial charge in [0.05, 0.1) is 12.0 Å². The first kappa shape index (κ1) is 19.7. The average Bonchev–Trinajstić information content (AvgIpc) is 2.60. The van der Waals surface area contributed by atoms with Crippen molar-refractivity contribution >= 4 is 5.69 Å².